The Balaban J connectivity index is 1.70. The smallest absolute Gasteiger partial charge is 0.337 e. The number of carboxylic acids is 1. The van der Waals surface area contributed by atoms with Gasteiger partial charge in [0.05, 0.1) is 18.4 Å². The van der Waals surface area contributed by atoms with Crippen molar-refractivity contribution in [3.8, 4) is 5.75 Å². The number of amides is 1. The summed E-state index contributed by atoms with van der Waals surface area (Å²) in [6.07, 6.45) is 1.16. The number of hydrogen-bond acceptors (Lipinski definition) is 5. The maximum Gasteiger partial charge on any atom is 0.337 e. The highest BCUT2D eigenvalue weighted by Crippen LogP contribution is 2.27. The molecule has 0 spiro atoms. The van der Waals surface area contributed by atoms with Crippen LogP contribution in [-0.2, 0) is 0 Å². The van der Waals surface area contributed by atoms with Crippen molar-refractivity contribution in [1.82, 2.24) is 4.90 Å². The topological polar surface area (TPSA) is 82.1 Å². The van der Waals surface area contributed by atoms with Crippen molar-refractivity contribution in [2.24, 2.45) is 5.92 Å². The third-order valence-corrected chi connectivity index (χ3v) is 5.93. The van der Waals surface area contributed by atoms with Gasteiger partial charge < -0.3 is 20.1 Å². The van der Waals surface area contributed by atoms with E-state index < -0.39 is 5.97 Å². The molecule has 2 aromatic carbocycles. The Morgan fingerprint density at radius 2 is 1.69 bits per heavy atom. The number of ether oxygens (including phenoxy) is 1. The normalized spacial score (nSPS) is 15.5. The van der Waals surface area contributed by atoms with E-state index in [1.54, 1.807) is 43.5 Å². The SMILES string of the molecule is COc1ccc(C(=O)Nc2ccc(N3CCN(C(C)CC(C)C)CC3)c(C(=O)O)c2)cc1. The third kappa shape index (κ3) is 5.79. The maximum atomic E-state index is 12.5. The summed E-state index contributed by atoms with van der Waals surface area (Å²) in [5.74, 6) is 0.0146. The van der Waals surface area contributed by atoms with Crippen molar-refractivity contribution in [3.63, 3.8) is 0 Å². The summed E-state index contributed by atoms with van der Waals surface area (Å²) in [4.78, 5) is 29.1. The molecular formula is C25H33N3O4. The van der Waals surface area contributed by atoms with Crippen LogP contribution >= 0.6 is 0 Å². The van der Waals surface area contributed by atoms with Gasteiger partial charge in [-0.15, -0.1) is 0 Å². The molecule has 1 unspecified atom stereocenters. The molecule has 2 aromatic rings. The lowest BCUT2D eigenvalue weighted by molar-refractivity contribution is 0.0696. The predicted octanol–water partition coefficient (Wildman–Crippen LogP) is 4.20. The lowest BCUT2D eigenvalue weighted by Crippen LogP contribution is -2.50. The van der Waals surface area contributed by atoms with Gasteiger partial charge in [-0.1, -0.05) is 13.8 Å². The number of aromatic carboxylic acids is 1. The summed E-state index contributed by atoms with van der Waals surface area (Å²) in [7, 11) is 1.57. The van der Waals surface area contributed by atoms with Crippen molar-refractivity contribution >= 4 is 23.3 Å². The zero-order valence-electron chi connectivity index (χ0n) is 19.3. The maximum absolute atomic E-state index is 12.5. The number of rotatable bonds is 8. The molecule has 0 saturated carbocycles. The molecule has 1 aliphatic rings. The molecule has 32 heavy (non-hydrogen) atoms. The first-order valence-corrected chi connectivity index (χ1v) is 11.1. The van der Waals surface area contributed by atoms with Gasteiger partial charge in [-0.3, -0.25) is 9.69 Å². The molecule has 1 fully saturated rings. The van der Waals surface area contributed by atoms with E-state index in [-0.39, 0.29) is 11.5 Å². The van der Waals surface area contributed by atoms with Crippen LogP contribution in [0, 0.1) is 5.92 Å². The molecule has 0 aliphatic carbocycles. The minimum atomic E-state index is -1.00. The molecule has 3 rings (SSSR count). The fourth-order valence-electron chi connectivity index (χ4n) is 4.24. The number of anilines is 2. The van der Waals surface area contributed by atoms with E-state index in [0.717, 1.165) is 32.6 Å². The van der Waals surface area contributed by atoms with E-state index in [1.165, 1.54) is 6.07 Å². The van der Waals surface area contributed by atoms with Gasteiger partial charge in [-0.2, -0.15) is 0 Å². The fourth-order valence-corrected chi connectivity index (χ4v) is 4.24. The predicted molar refractivity (Wildman–Crippen MR) is 127 cm³/mol. The Bertz CT molecular complexity index is 935. The second kappa shape index (κ2) is 10.5. The molecular weight excluding hydrogens is 406 g/mol. The van der Waals surface area contributed by atoms with Crippen molar-refractivity contribution < 1.29 is 19.4 Å². The summed E-state index contributed by atoms with van der Waals surface area (Å²) in [6, 6.07) is 12.4. The van der Waals surface area contributed by atoms with Crippen molar-refractivity contribution in [2.75, 3.05) is 43.5 Å². The van der Waals surface area contributed by atoms with Crippen LogP contribution < -0.4 is 15.0 Å². The molecule has 0 aromatic heterocycles. The van der Waals surface area contributed by atoms with Crippen LogP contribution in [0.1, 0.15) is 47.9 Å². The van der Waals surface area contributed by atoms with Gasteiger partial charge in [0.2, 0.25) is 0 Å². The highest BCUT2D eigenvalue weighted by Gasteiger charge is 2.24. The third-order valence-electron chi connectivity index (χ3n) is 5.93. The highest BCUT2D eigenvalue weighted by molar-refractivity contribution is 6.05. The Hall–Kier alpha value is -3.06. The molecule has 1 saturated heterocycles. The quantitative estimate of drug-likeness (QED) is 0.642. The minimum Gasteiger partial charge on any atom is -0.497 e. The van der Waals surface area contributed by atoms with Gasteiger partial charge in [0.15, 0.2) is 0 Å². The first-order valence-electron chi connectivity index (χ1n) is 11.1. The number of methoxy groups -OCH3 is 1. The van der Waals surface area contributed by atoms with Crippen molar-refractivity contribution in [2.45, 2.75) is 33.2 Å². The van der Waals surface area contributed by atoms with E-state index in [0.29, 0.717) is 34.6 Å². The van der Waals surface area contributed by atoms with E-state index in [2.05, 4.69) is 35.9 Å². The summed E-state index contributed by atoms with van der Waals surface area (Å²) >= 11 is 0. The lowest BCUT2D eigenvalue weighted by atomic mass is 10.0. The van der Waals surface area contributed by atoms with Crippen LogP contribution in [0.4, 0.5) is 11.4 Å². The highest BCUT2D eigenvalue weighted by atomic mass is 16.5. The Morgan fingerprint density at radius 1 is 1.03 bits per heavy atom. The van der Waals surface area contributed by atoms with E-state index >= 15 is 0 Å². The Labute approximate surface area is 190 Å². The van der Waals surface area contributed by atoms with Gasteiger partial charge in [0, 0.05) is 43.5 Å². The Kier molecular flexibility index (Phi) is 7.75. The van der Waals surface area contributed by atoms with Crippen LogP contribution in [0.3, 0.4) is 0 Å². The minimum absolute atomic E-state index is 0.196. The molecule has 0 bridgehead atoms. The monoisotopic (exact) mass is 439 g/mol. The van der Waals surface area contributed by atoms with Crippen molar-refractivity contribution in [3.05, 3.63) is 53.6 Å². The molecule has 1 amide bonds. The standard InChI is InChI=1S/C25H33N3O4/c1-17(2)15-18(3)27-11-13-28(14-12-27)23-10-7-20(16-22(23)25(30)31)26-24(29)19-5-8-21(32-4)9-6-19/h5-10,16-18H,11-15H2,1-4H3,(H,26,29)(H,30,31). The number of carboxylic acid groups (broad SMARTS) is 1. The van der Waals surface area contributed by atoms with Gasteiger partial charge in [-0.05, 0) is 61.7 Å². The average Bonchev–Trinajstić information content (AvgIpc) is 2.78. The summed E-state index contributed by atoms with van der Waals surface area (Å²) in [5.41, 5.74) is 1.81. The summed E-state index contributed by atoms with van der Waals surface area (Å²) in [6.45, 7) is 10.1. The average molecular weight is 440 g/mol. The van der Waals surface area contributed by atoms with Gasteiger partial charge in [-0.25, -0.2) is 4.79 Å². The lowest BCUT2D eigenvalue weighted by Gasteiger charge is -2.40. The molecule has 7 nitrogen and oxygen atoms in total. The molecule has 1 aliphatic heterocycles. The van der Waals surface area contributed by atoms with Gasteiger partial charge in [0.25, 0.3) is 5.91 Å². The number of carbonyl (C=O) groups is 2. The van der Waals surface area contributed by atoms with Crippen molar-refractivity contribution in [1.29, 1.82) is 0 Å². The van der Waals surface area contributed by atoms with Crippen LogP contribution in [-0.4, -0.2) is 61.2 Å². The van der Waals surface area contributed by atoms with Crippen LogP contribution in [0.5, 0.6) is 5.75 Å². The van der Waals surface area contributed by atoms with Crippen LogP contribution in [0.25, 0.3) is 0 Å². The van der Waals surface area contributed by atoms with Gasteiger partial charge in [0.1, 0.15) is 5.75 Å². The Morgan fingerprint density at radius 3 is 2.25 bits per heavy atom. The fraction of sp³-hybridized carbons (Fsp3) is 0.440. The van der Waals surface area contributed by atoms with E-state index in [9.17, 15) is 14.7 Å². The second-order valence-corrected chi connectivity index (χ2v) is 8.72. The van der Waals surface area contributed by atoms with E-state index in [4.69, 9.17) is 4.74 Å². The number of carbonyl (C=O) groups excluding carboxylic acids is 1. The van der Waals surface area contributed by atoms with Gasteiger partial charge >= 0.3 is 5.97 Å². The molecule has 7 heteroatoms. The summed E-state index contributed by atoms with van der Waals surface area (Å²) in [5, 5.41) is 12.6. The van der Waals surface area contributed by atoms with E-state index in [1.807, 2.05) is 0 Å². The number of hydrogen-bond donors (Lipinski definition) is 2. The first-order chi connectivity index (χ1) is 15.3. The first kappa shape index (κ1) is 23.6. The van der Waals surface area contributed by atoms with Crippen LogP contribution in [0.15, 0.2) is 42.5 Å². The summed E-state index contributed by atoms with van der Waals surface area (Å²) < 4.78 is 5.11. The largest absolute Gasteiger partial charge is 0.497 e. The molecule has 1 heterocycles. The molecule has 172 valence electrons. The zero-order chi connectivity index (χ0) is 23.3. The number of nitrogens with one attached hydrogen (secondary N) is 1. The number of nitrogens with zero attached hydrogens (tertiary/aromatic N) is 2. The number of piperazine rings is 1. The molecule has 1 atom stereocenters. The molecule has 0 radical (unpaired) electrons. The molecule has 2 N–H and O–H groups in total. The number of benzene rings is 2. The van der Waals surface area contributed by atoms with Crippen LogP contribution in [0.2, 0.25) is 0 Å². The zero-order valence-corrected chi connectivity index (χ0v) is 19.3. The second-order valence-electron chi connectivity index (χ2n) is 8.72.